The molecule has 0 bridgehead atoms. The molecule has 0 radical (unpaired) electrons. The molecule has 1 aromatic rings. The van der Waals surface area contributed by atoms with Crippen molar-refractivity contribution in [3.8, 4) is 5.75 Å². The van der Waals surface area contributed by atoms with E-state index in [1.807, 2.05) is 0 Å². The summed E-state index contributed by atoms with van der Waals surface area (Å²) in [6, 6.07) is 4.70. The molecular weight excluding hydrogens is 360 g/mol. The Morgan fingerprint density at radius 2 is 2.17 bits per heavy atom. The van der Waals surface area contributed by atoms with Crippen LogP contribution in [-0.4, -0.2) is 32.8 Å². The standard InChI is InChI=1S/C13H18Br2N2O/c1-3-9-8-16-4-5-17(9)12-7-13(18-2)11(15)6-10(12)14/h6-7,9,16H,3-5,8H2,1-2H3. The van der Waals surface area contributed by atoms with E-state index in [-0.39, 0.29) is 0 Å². The van der Waals surface area contributed by atoms with Crippen LogP contribution in [0.3, 0.4) is 0 Å². The highest BCUT2D eigenvalue weighted by molar-refractivity contribution is 9.11. The summed E-state index contributed by atoms with van der Waals surface area (Å²) in [5.41, 5.74) is 1.21. The van der Waals surface area contributed by atoms with E-state index < -0.39 is 0 Å². The maximum atomic E-state index is 5.39. The summed E-state index contributed by atoms with van der Waals surface area (Å²) in [6.45, 7) is 5.33. The quantitative estimate of drug-likeness (QED) is 0.873. The number of piperazine rings is 1. The predicted molar refractivity (Wildman–Crippen MR) is 82.7 cm³/mol. The van der Waals surface area contributed by atoms with Crippen LogP contribution in [0.15, 0.2) is 21.1 Å². The lowest BCUT2D eigenvalue weighted by Crippen LogP contribution is -2.51. The molecule has 1 atom stereocenters. The van der Waals surface area contributed by atoms with Crippen LogP contribution in [0, 0.1) is 0 Å². The second-order valence-corrected chi connectivity index (χ2v) is 6.11. The minimum absolute atomic E-state index is 0.543. The van der Waals surface area contributed by atoms with E-state index in [2.05, 4.69) is 61.1 Å². The monoisotopic (exact) mass is 376 g/mol. The van der Waals surface area contributed by atoms with Crippen molar-refractivity contribution in [2.75, 3.05) is 31.6 Å². The number of halogens is 2. The second-order valence-electron chi connectivity index (χ2n) is 4.40. The topological polar surface area (TPSA) is 24.5 Å². The van der Waals surface area contributed by atoms with E-state index >= 15 is 0 Å². The molecule has 0 saturated carbocycles. The van der Waals surface area contributed by atoms with E-state index in [1.165, 1.54) is 5.69 Å². The van der Waals surface area contributed by atoms with Crippen molar-refractivity contribution in [2.45, 2.75) is 19.4 Å². The molecule has 1 heterocycles. The molecule has 1 aliphatic heterocycles. The average Bonchev–Trinajstić information content (AvgIpc) is 2.39. The van der Waals surface area contributed by atoms with E-state index in [1.54, 1.807) is 7.11 Å². The highest BCUT2D eigenvalue weighted by Gasteiger charge is 2.23. The van der Waals surface area contributed by atoms with Crippen LogP contribution in [0.25, 0.3) is 0 Å². The van der Waals surface area contributed by atoms with Gasteiger partial charge in [-0.05, 0) is 44.3 Å². The summed E-state index contributed by atoms with van der Waals surface area (Å²) in [5, 5.41) is 3.45. The van der Waals surface area contributed by atoms with Crippen molar-refractivity contribution in [1.82, 2.24) is 5.32 Å². The van der Waals surface area contributed by atoms with Gasteiger partial charge in [-0.3, -0.25) is 0 Å². The number of anilines is 1. The van der Waals surface area contributed by atoms with Gasteiger partial charge in [-0.15, -0.1) is 0 Å². The minimum atomic E-state index is 0.543. The maximum absolute atomic E-state index is 5.39. The van der Waals surface area contributed by atoms with Gasteiger partial charge >= 0.3 is 0 Å². The first kappa shape index (κ1) is 14.2. The molecule has 1 N–H and O–H groups in total. The SMILES string of the molecule is CCC1CNCCN1c1cc(OC)c(Br)cc1Br. The maximum Gasteiger partial charge on any atom is 0.135 e. The Balaban J connectivity index is 2.36. The molecule has 1 aliphatic rings. The van der Waals surface area contributed by atoms with Crippen LogP contribution in [-0.2, 0) is 0 Å². The molecule has 0 amide bonds. The number of nitrogens with one attached hydrogen (secondary N) is 1. The van der Waals surface area contributed by atoms with E-state index in [9.17, 15) is 0 Å². The van der Waals surface area contributed by atoms with Crippen LogP contribution >= 0.6 is 31.9 Å². The lowest BCUT2D eigenvalue weighted by molar-refractivity contribution is 0.411. The Kier molecular flexibility index (Phi) is 4.92. The molecule has 0 aromatic heterocycles. The van der Waals surface area contributed by atoms with Crippen LogP contribution < -0.4 is 15.0 Å². The molecule has 18 heavy (non-hydrogen) atoms. The van der Waals surface area contributed by atoms with E-state index in [4.69, 9.17) is 4.74 Å². The van der Waals surface area contributed by atoms with Crippen LogP contribution in [0.1, 0.15) is 13.3 Å². The number of ether oxygens (including phenoxy) is 1. The van der Waals surface area contributed by atoms with Gasteiger partial charge in [0, 0.05) is 36.2 Å². The van der Waals surface area contributed by atoms with E-state index in [0.717, 1.165) is 40.8 Å². The zero-order valence-corrected chi connectivity index (χ0v) is 13.8. The van der Waals surface area contributed by atoms with Crippen molar-refractivity contribution in [3.05, 3.63) is 21.1 Å². The van der Waals surface area contributed by atoms with Crippen LogP contribution in [0.5, 0.6) is 5.75 Å². The van der Waals surface area contributed by atoms with Crippen molar-refractivity contribution >= 4 is 37.5 Å². The smallest absolute Gasteiger partial charge is 0.135 e. The van der Waals surface area contributed by atoms with Gasteiger partial charge in [0.15, 0.2) is 0 Å². The first-order valence-corrected chi connectivity index (χ1v) is 7.76. The fourth-order valence-electron chi connectivity index (χ4n) is 2.34. The van der Waals surface area contributed by atoms with Crippen LogP contribution in [0.2, 0.25) is 0 Å². The first-order valence-electron chi connectivity index (χ1n) is 6.17. The number of hydrogen-bond acceptors (Lipinski definition) is 3. The van der Waals surface area contributed by atoms with Gasteiger partial charge in [-0.25, -0.2) is 0 Å². The summed E-state index contributed by atoms with van der Waals surface area (Å²) < 4.78 is 7.47. The second kappa shape index (κ2) is 6.26. The molecule has 3 nitrogen and oxygen atoms in total. The number of rotatable bonds is 3. The van der Waals surface area contributed by atoms with Gasteiger partial charge in [0.2, 0.25) is 0 Å². The summed E-state index contributed by atoms with van der Waals surface area (Å²) in [5.74, 6) is 0.876. The Labute approximate surface area is 125 Å². The van der Waals surface area contributed by atoms with Crippen molar-refractivity contribution in [3.63, 3.8) is 0 Å². The molecule has 100 valence electrons. The Bertz CT molecular complexity index is 426. The van der Waals surface area contributed by atoms with Gasteiger partial charge < -0.3 is 15.0 Å². The third-order valence-electron chi connectivity index (χ3n) is 3.35. The summed E-state index contributed by atoms with van der Waals surface area (Å²) in [7, 11) is 1.70. The number of methoxy groups -OCH3 is 1. The third kappa shape index (κ3) is 2.83. The number of benzene rings is 1. The minimum Gasteiger partial charge on any atom is -0.495 e. The Morgan fingerprint density at radius 1 is 1.39 bits per heavy atom. The van der Waals surface area contributed by atoms with Gasteiger partial charge in [0.25, 0.3) is 0 Å². The number of nitrogens with zero attached hydrogens (tertiary/aromatic N) is 1. The van der Waals surface area contributed by atoms with Crippen LogP contribution in [0.4, 0.5) is 5.69 Å². The molecule has 0 aliphatic carbocycles. The fraction of sp³-hybridized carbons (Fsp3) is 0.538. The van der Waals surface area contributed by atoms with Crippen molar-refractivity contribution in [1.29, 1.82) is 0 Å². The van der Waals surface area contributed by atoms with Gasteiger partial charge in [-0.2, -0.15) is 0 Å². The average molecular weight is 378 g/mol. The predicted octanol–water partition coefficient (Wildman–Crippen LogP) is 3.41. The molecule has 1 unspecified atom stereocenters. The van der Waals surface area contributed by atoms with Crippen molar-refractivity contribution < 1.29 is 4.74 Å². The first-order chi connectivity index (χ1) is 8.67. The molecule has 1 saturated heterocycles. The summed E-state index contributed by atoms with van der Waals surface area (Å²) in [6.07, 6.45) is 1.14. The van der Waals surface area contributed by atoms with Gasteiger partial charge in [-0.1, -0.05) is 6.92 Å². The van der Waals surface area contributed by atoms with Crippen molar-refractivity contribution in [2.24, 2.45) is 0 Å². The molecule has 2 rings (SSSR count). The molecule has 1 fully saturated rings. The lowest BCUT2D eigenvalue weighted by atomic mass is 10.1. The van der Waals surface area contributed by atoms with E-state index in [0.29, 0.717) is 6.04 Å². The Morgan fingerprint density at radius 3 is 2.83 bits per heavy atom. The highest BCUT2D eigenvalue weighted by atomic mass is 79.9. The zero-order valence-electron chi connectivity index (χ0n) is 10.7. The largest absolute Gasteiger partial charge is 0.495 e. The summed E-state index contributed by atoms with van der Waals surface area (Å²) >= 11 is 7.17. The molecule has 0 spiro atoms. The summed E-state index contributed by atoms with van der Waals surface area (Å²) in [4.78, 5) is 2.45. The lowest BCUT2D eigenvalue weighted by Gasteiger charge is -2.38. The normalized spacial score (nSPS) is 20.0. The molecule has 1 aromatic carbocycles. The van der Waals surface area contributed by atoms with Gasteiger partial charge in [0.05, 0.1) is 17.3 Å². The third-order valence-corrected chi connectivity index (χ3v) is 4.61. The fourth-order valence-corrected chi connectivity index (χ4v) is 3.72. The number of hydrogen-bond donors (Lipinski definition) is 1. The highest BCUT2D eigenvalue weighted by Crippen LogP contribution is 2.37. The van der Waals surface area contributed by atoms with Gasteiger partial charge in [0.1, 0.15) is 5.75 Å². The Hall–Kier alpha value is -0.260. The molecule has 5 heteroatoms. The zero-order chi connectivity index (χ0) is 13.1. The molecular formula is C13H18Br2N2O.